The monoisotopic (exact) mass is 1180 g/mol. The SMILES string of the molecule is C#Cc1ccccc1-c1c(C)op(OC2=C(/C(C=C)=C(OC)/C(=C\C)SCCCC)CC(CCCC)C=C2CCCC)oc2ccc3ccccc3c12.C#Cc1ccccc1/C(=C(\C)OC)c1c(OC)ccc2ccccc12.C=CC.CC.CC. The smallest absolute Gasteiger partial charge is 0.452 e. The van der Waals surface area contributed by atoms with Gasteiger partial charge in [0.05, 0.1) is 21.3 Å². The number of benzene rings is 6. The van der Waals surface area contributed by atoms with Crippen molar-refractivity contribution in [3.63, 3.8) is 0 Å². The molecule has 85 heavy (non-hydrogen) atoms. The molecule has 1 heterocycles. The zero-order valence-corrected chi connectivity index (χ0v) is 55.1. The summed E-state index contributed by atoms with van der Waals surface area (Å²) in [5, 5.41) is 5.35. The van der Waals surface area contributed by atoms with Gasteiger partial charge in [-0.25, -0.2) is 0 Å². The third-order valence-corrected chi connectivity index (χ3v) is 16.5. The Balaban J connectivity index is 0.000000401. The van der Waals surface area contributed by atoms with Gasteiger partial charge in [0, 0.05) is 60.4 Å². The minimum atomic E-state index is -1.94. The standard InChI is InChI=1S/C47H55O4PS.C23H20O2.C3H6.2C2H6/c1-9-15-22-34-31-37(23-16-10-2)46(41(32-34)38(13-5)47(48-8)43(14-6)53-30-17-11-3)51-52-49-33(7)44(39-26-20-18-24-35(39)12-4)45-40-27-21-19-25-36(40)28-29-42(45)50-52;1-5-17-10-6-8-12-19(17)22(16(2)24-3)23-20-13-9-7-11-18(20)14-15-21(23)25-4;1-3-2;2*1-2/h4,13-14,18-21,24-29,31,34H,5,9-11,15-17,22-23,30,32H2,1-3,6-8H3;1,6-15H,2-4H3;3H,1H2,2H3;2*1-2H3/b43-14+,47-38-;22-16-;;;. The molecule has 0 spiro atoms. The number of allylic oxidation sites excluding steroid dienone is 8. The van der Waals surface area contributed by atoms with E-state index in [0.29, 0.717) is 17.3 Å². The van der Waals surface area contributed by atoms with Crippen molar-refractivity contribution in [1.29, 1.82) is 0 Å². The van der Waals surface area contributed by atoms with Gasteiger partial charge in [0.15, 0.2) is 0 Å². The average Bonchev–Trinajstić information content (AvgIpc) is 2.39. The fourth-order valence-corrected chi connectivity index (χ4v) is 12.5. The van der Waals surface area contributed by atoms with Crippen molar-refractivity contribution in [2.24, 2.45) is 5.92 Å². The van der Waals surface area contributed by atoms with Crippen LogP contribution >= 0.6 is 20.0 Å². The van der Waals surface area contributed by atoms with E-state index < -0.39 is 8.24 Å². The summed E-state index contributed by atoms with van der Waals surface area (Å²) >= 11 is 1.84. The maximum absolute atomic E-state index is 7.15. The maximum atomic E-state index is 7.15. The van der Waals surface area contributed by atoms with E-state index in [1.54, 1.807) is 27.4 Å². The molecule has 0 fully saturated rings. The lowest BCUT2D eigenvalue weighted by Crippen LogP contribution is -2.16. The Labute approximate surface area is 516 Å². The van der Waals surface area contributed by atoms with Gasteiger partial charge in [-0.1, -0.05) is 214 Å². The molecule has 0 N–H and O–H groups in total. The number of aryl methyl sites for hydroxylation is 1. The first-order chi connectivity index (χ1) is 41.5. The van der Waals surface area contributed by atoms with Crippen molar-refractivity contribution < 1.29 is 27.1 Å². The molecular formula is C77H93O6PS. The van der Waals surface area contributed by atoms with Crippen molar-refractivity contribution in [3.8, 4) is 41.6 Å². The summed E-state index contributed by atoms with van der Waals surface area (Å²) in [6.45, 7) is 30.4. The molecular weight excluding hydrogens is 1080 g/mol. The first-order valence-corrected chi connectivity index (χ1v) is 32.3. The van der Waals surface area contributed by atoms with Crippen LogP contribution in [0.4, 0.5) is 0 Å². The number of terminal acetylenes is 2. The summed E-state index contributed by atoms with van der Waals surface area (Å²) < 4.78 is 38.4. The Morgan fingerprint density at radius 2 is 1.33 bits per heavy atom. The number of methoxy groups -OCH3 is 3. The van der Waals surface area contributed by atoms with E-state index in [0.717, 1.165) is 162 Å². The van der Waals surface area contributed by atoms with Crippen LogP contribution in [0.3, 0.4) is 0 Å². The molecule has 7 aromatic rings. The van der Waals surface area contributed by atoms with Crippen molar-refractivity contribution in [3.05, 3.63) is 226 Å². The van der Waals surface area contributed by atoms with Crippen molar-refractivity contribution in [2.75, 3.05) is 27.1 Å². The number of fused-ring (bicyclic) bond motifs is 4. The van der Waals surface area contributed by atoms with Crippen molar-refractivity contribution >= 4 is 58.1 Å². The molecule has 2 unspecified atom stereocenters. The summed E-state index contributed by atoms with van der Waals surface area (Å²) in [6.07, 6.45) is 29.7. The van der Waals surface area contributed by atoms with Gasteiger partial charge in [0.25, 0.3) is 0 Å². The maximum Gasteiger partial charge on any atom is 0.452 e. The highest BCUT2D eigenvalue weighted by Gasteiger charge is 2.30. The largest absolute Gasteiger partial charge is 0.501 e. The zero-order chi connectivity index (χ0) is 62.3. The quantitative estimate of drug-likeness (QED) is 0.0234. The van der Waals surface area contributed by atoms with Gasteiger partial charge in [-0.2, -0.15) is 0 Å². The molecule has 6 aromatic carbocycles. The van der Waals surface area contributed by atoms with Crippen LogP contribution in [0.5, 0.6) is 5.75 Å². The Kier molecular flexibility index (Phi) is 30.9. The minimum absolute atomic E-state index is 0.378. The molecule has 0 aliphatic heterocycles. The van der Waals surface area contributed by atoms with Crippen LogP contribution in [-0.2, 0) is 9.47 Å². The van der Waals surface area contributed by atoms with Gasteiger partial charge in [0.1, 0.15) is 34.4 Å². The molecule has 6 nitrogen and oxygen atoms in total. The molecule has 0 amide bonds. The Morgan fingerprint density at radius 3 is 1.94 bits per heavy atom. The number of rotatable bonds is 21. The fraction of sp³-hybridized carbons (Fsp3) is 0.325. The first-order valence-electron chi connectivity index (χ1n) is 30.3. The number of thioether (sulfide) groups is 1. The molecule has 8 rings (SSSR count). The van der Waals surface area contributed by atoms with E-state index in [9.17, 15) is 0 Å². The molecule has 1 aliphatic carbocycles. The highest BCUT2D eigenvalue weighted by atomic mass is 32.2. The molecule has 2 atom stereocenters. The predicted octanol–water partition coefficient (Wildman–Crippen LogP) is 23.3. The molecule has 448 valence electrons. The van der Waals surface area contributed by atoms with Gasteiger partial charge in [-0.05, 0) is 123 Å². The van der Waals surface area contributed by atoms with Gasteiger partial charge in [-0.3, -0.25) is 0 Å². The molecule has 1 aliphatic rings. The summed E-state index contributed by atoms with van der Waals surface area (Å²) in [7, 11) is 3.18. The second-order valence-corrected chi connectivity index (χ2v) is 21.7. The molecule has 0 bridgehead atoms. The third-order valence-electron chi connectivity index (χ3n) is 14.2. The number of hydrogen-bond acceptors (Lipinski definition) is 7. The van der Waals surface area contributed by atoms with E-state index in [1.165, 1.54) is 12.0 Å². The summed E-state index contributed by atoms with van der Waals surface area (Å²) in [6, 6.07) is 40.7. The van der Waals surface area contributed by atoms with Gasteiger partial charge in [0.2, 0.25) is 0 Å². The van der Waals surface area contributed by atoms with Crippen LogP contribution in [0, 0.1) is 37.5 Å². The predicted molar refractivity (Wildman–Crippen MR) is 371 cm³/mol. The Morgan fingerprint density at radius 1 is 0.729 bits per heavy atom. The Hall–Kier alpha value is -7.67. The second kappa shape index (κ2) is 37.6. The van der Waals surface area contributed by atoms with Crippen LogP contribution in [0.1, 0.15) is 155 Å². The van der Waals surface area contributed by atoms with Crippen LogP contribution in [0.2, 0.25) is 0 Å². The van der Waals surface area contributed by atoms with Gasteiger partial charge >= 0.3 is 8.24 Å². The molecule has 0 radical (unpaired) electrons. The van der Waals surface area contributed by atoms with Crippen LogP contribution in [-0.4, -0.2) is 27.1 Å². The number of ether oxygens (including phenoxy) is 3. The molecule has 0 saturated carbocycles. The lowest BCUT2D eigenvalue weighted by atomic mass is 9.81. The van der Waals surface area contributed by atoms with E-state index in [-0.39, 0.29) is 0 Å². The van der Waals surface area contributed by atoms with Crippen molar-refractivity contribution in [2.45, 2.75) is 134 Å². The number of unbranched alkanes of at least 4 members (excludes halogenated alkanes) is 3. The number of hydrogen-bond donors (Lipinski definition) is 0. The summed E-state index contributed by atoms with van der Waals surface area (Å²) in [5.74, 6) is 11.0. The second-order valence-electron chi connectivity index (χ2n) is 19.6. The average molecular weight is 1180 g/mol. The van der Waals surface area contributed by atoms with Crippen molar-refractivity contribution in [1.82, 2.24) is 0 Å². The summed E-state index contributed by atoms with van der Waals surface area (Å²) in [5.41, 5.74) is 10.3. The molecule has 8 heteroatoms. The van der Waals surface area contributed by atoms with Gasteiger partial charge < -0.3 is 27.1 Å². The highest BCUT2D eigenvalue weighted by molar-refractivity contribution is 8.03. The lowest BCUT2D eigenvalue weighted by molar-refractivity contribution is 0.296. The van der Waals surface area contributed by atoms with E-state index >= 15 is 0 Å². The first kappa shape index (κ1) is 69.8. The van der Waals surface area contributed by atoms with Crippen LogP contribution < -0.4 is 9.26 Å². The van der Waals surface area contributed by atoms with Crippen LogP contribution in [0.15, 0.2) is 206 Å². The van der Waals surface area contributed by atoms with Gasteiger partial charge in [-0.15, -0.1) is 31.2 Å². The summed E-state index contributed by atoms with van der Waals surface area (Å²) in [4.78, 5) is 1.11. The lowest BCUT2D eigenvalue weighted by Gasteiger charge is -2.28. The molecule has 1 aromatic heterocycles. The third kappa shape index (κ3) is 17.9. The molecule has 0 saturated heterocycles. The topological polar surface area (TPSA) is 63.2 Å². The highest BCUT2D eigenvalue weighted by Crippen LogP contribution is 2.47. The minimum Gasteiger partial charge on any atom is -0.501 e. The Bertz CT molecular complexity index is 3610. The van der Waals surface area contributed by atoms with E-state index in [2.05, 4.69) is 119 Å². The van der Waals surface area contributed by atoms with Crippen LogP contribution in [0.25, 0.3) is 49.2 Å². The van der Waals surface area contributed by atoms with E-state index in [1.807, 2.05) is 133 Å². The zero-order valence-electron chi connectivity index (χ0n) is 53.4. The normalized spacial score (nSPS) is 13.4. The van der Waals surface area contributed by atoms with E-state index in [4.69, 9.17) is 40.0 Å². The fourth-order valence-electron chi connectivity index (χ4n) is 10.2.